The van der Waals surface area contributed by atoms with Crippen LogP contribution in [-0.4, -0.2) is 30.9 Å². The molecule has 0 atom stereocenters. The molecule has 0 aliphatic carbocycles. The Morgan fingerprint density at radius 1 is 1.25 bits per heavy atom. The number of hydrogen-bond donors (Lipinski definition) is 3. The van der Waals surface area contributed by atoms with Crippen molar-refractivity contribution < 1.29 is 14.7 Å². The van der Waals surface area contributed by atoms with Crippen molar-refractivity contribution in [3.05, 3.63) is 29.8 Å². The van der Waals surface area contributed by atoms with E-state index in [0.717, 1.165) is 11.8 Å². The van der Waals surface area contributed by atoms with E-state index >= 15 is 0 Å². The fraction of sp³-hybridized carbons (Fsp3) is 0.467. The van der Waals surface area contributed by atoms with E-state index < -0.39 is 0 Å². The van der Waals surface area contributed by atoms with Gasteiger partial charge in [-0.1, -0.05) is 26.0 Å². The molecule has 0 aromatic heterocycles. The van der Waals surface area contributed by atoms with Gasteiger partial charge in [0.1, 0.15) is 12.0 Å². The highest BCUT2D eigenvalue weighted by Gasteiger charge is 1.99. The number of phenolic OH excluding ortho intramolecular Hbond substituents is 1. The first-order valence-electron chi connectivity index (χ1n) is 6.78. The number of aromatic hydroxyl groups is 1. The molecule has 5 nitrogen and oxygen atoms in total. The Labute approximate surface area is 121 Å². The predicted molar refractivity (Wildman–Crippen MR) is 81.6 cm³/mol. The van der Waals surface area contributed by atoms with E-state index in [1.165, 1.54) is 7.05 Å². The molecular weight excluding hydrogens is 256 g/mol. The summed E-state index contributed by atoms with van der Waals surface area (Å²) in [5.74, 6) is 0.129. The van der Waals surface area contributed by atoms with Gasteiger partial charge in [0.05, 0.1) is 0 Å². The molecule has 1 rings (SSSR count). The Kier molecular flexibility index (Phi) is 15.5. The molecule has 0 saturated heterocycles. The molecule has 0 spiro atoms. The first kappa shape index (κ1) is 20.4. The number of carbonyl (C=O) groups is 2. The number of hydrogen-bond acceptors (Lipinski definition) is 4. The first-order chi connectivity index (χ1) is 9.72. The van der Waals surface area contributed by atoms with E-state index in [9.17, 15) is 9.59 Å². The minimum atomic E-state index is -0.106. The lowest BCUT2D eigenvalue weighted by molar-refractivity contribution is -0.122. The van der Waals surface area contributed by atoms with E-state index in [2.05, 4.69) is 11.1 Å². The van der Waals surface area contributed by atoms with Crippen molar-refractivity contribution >= 4 is 12.2 Å². The number of nitrogens with one attached hydrogen (secondary N) is 1. The maximum Gasteiger partial charge on any atom is 0.220 e. The van der Waals surface area contributed by atoms with Gasteiger partial charge in [0, 0.05) is 19.4 Å². The van der Waals surface area contributed by atoms with Crippen LogP contribution in [-0.2, 0) is 16.0 Å². The smallest absolute Gasteiger partial charge is 0.220 e. The molecule has 0 saturated carbocycles. The zero-order valence-corrected chi connectivity index (χ0v) is 12.6. The summed E-state index contributed by atoms with van der Waals surface area (Å²) in [6.07, 6.45) is 1.97. The summed E-state index contributed by atoms with van der Waals surface area (Å²) in [5, 5.41) is 11.8. The molecule has 114 valence electrons. The van der Waals surface area contributed by atoms with Crippen molar-refractivity contribution in [2.75, 3.05) is 13.6 Å². The number of nitrogens with two attached hydrogens (primary N) is 1. The molecule has 0 fully saturated rings. The van der Waals surface area contributed by atoms with Crippen molar-refractivity contribution in [3.8, 4) is 5.75 Å². The van der Waals surface area contributed by atoms with Crippen LogP contribution in [0.2, 0.25) is 0 Å². The maximum atomic E-state index is 11.1. The van der Waals surface area contributed by atoms with Crippen LogP contribution in [0.1, 0.15) is 32.3 Å². The average molecular weight is 282 g/mol. The molecule has 1 aromatic rings. The van der Waals surface area contributed by atoms with Crippen LogP contribution in [0.25, 0.3) is 0 Å². The lowest BCUT2D eigenvalue weighted by atomic mass is 10.1. The van der Waals surface area contributed by atoms with Gasteiger partial charge in [-0.2, -0.15) is 0 Å². The highest BCUT2D eigenvalue weighted by atomic mass is 16.3. The van der Waals surface area contributed by atoms with Gasteiger partial charge in [0.25, 0.3) is 0 Å². The van der Waals surface area contributed by atoms with Crippen molar-refractivity contribution in [2.45, 2.75) is 33.1 Å². The molecule has 0 unspecified atom stereocenters. The second-order valence-electron chi connectivity index (χ2n) is 3.47. The third-order valence-electron chi connectivity index (χ3n) is 2.16. The van der Waals surface area contributed by atoms with Crippen molar-refractivity contribution in [1.29, 1.82) is 0 Å². The summed E-state index contributed by atoms with van der Waals surface area (Å²) < 4.78 is 0. The van der Waals surface area contributed by atoms with Gasteiger partial charge in [-0.15, -0.1) is 0 Å². The number of phenols is 1. The molecule has 0 radical (unpaired) electrons. The molecule has 0 aliphatic heterocycles. The molecule has 0 aliphatic rings. The molecular formula is C15H26N2O3. The second kappa shape index (κ2) is 15.2. The van der Waals surface area contributed by atoms with Crippen LogP contribution in [0.3, 0.4) is 0 Å². The lowest BCUT2D eigenvalue weighted by Gasteiger charge is -2.04. The van der Waals surface area contributed by atoms with Crippen LogP contribution in [0, 0.1) is 0 Å². The summed E-state index contributed by atoms with van der Waals surface area (Å²) in [5.41, 5.74) is 5.55. The normalized spacial score (nSPS) is 8.40. The second-order valence-corrected chi connectivity index (χ2v) is 3.47. The highest BCUT2D eigenvalue weighted by molar-refractivity contribution is 5.78. The van der Waals surface area contributed by atoms with Crippen molar-refractivity contribution in [2.24, 2.45) is 5.73 Å². The minimum absolute atomic E-state index is 0.106. The molecule has 1 amide bonds. The molecule has 0 heterocycles. The van der Waals surface area contributed by atoms with Crippen LogP contribution in [0.4, 0.5) is 0 Å². The summed E-state index contributed by atoms with van der Waals surface area (Å²) in [6, 6.07) is 6.85. The lowest BCUT2D eigenvalue weighted by Crippen LogP contribution is -2.25. The number of carbonyl (C=O) groups excluding carboxylic acids is 2. The van der Waals surface area contributed by atoms with Crippen molar-refractivity contribution in [3.63, 3.8) is 0 Å². The Hall–Kier alpha value is -1.88. The average Bonchev–Trinajstić information content (AvgIpc) is 2.51. The summed E-state index contributed by atoms with van der Waals surface area (Å²) in [4.78, 5) is 21.2. The third-order valence-corrected chi connectivity index (χ3v) is 2.16. The van der Waals surface area contributed by atoms with E-state index in [-0.39, 0.29) is 24.5 Å². The van der Waals surface area contributed by atoms with E-state index in [1.807, 2.05) is 26.0 Å². The summed E-state index contributed by atoms with van der Waals surface area (Å²) >= 11 is 0. The fourth-order valence-electron chi connectivity index (χ4n) is 1.29. The number of benzene rings is 1. The topological polar surface area (TPSA) is 92.4 Å². The number of aldehydes is 1. The Bertz CT molecular complexity index is 351. The largest absolute Gasteiger partial charge is 0.508 e. The summed E-state index contributed by atoms with van der Waals surface area (Å²) in [6.45, 7) is 4.54. The Balaban J connectivity index is 0. The molecule has 20 heavy (non-hydrogen) atoms. The SMILES string of the molecule is CC.CN.O=CCCC(=O)NCCc1ccc(O)cc1. The van der Waals surface area contributed by atoms with E-state index in [0.29, 0.717) is 13.0 Å². The first-order valence-corrected chi connectivity index (χ1v) is 6.78. The summed E-state index contributed by atoms with van der Waals surface area (Å²) in [7, 11) is 1.50. The van der Waals surface area contributed by atoms with Gasteiger partial charge >= 0.3 is 0 Å². The quantitative estimate of drug-likeness (QED) is 0.691. The standard InChI is InChI=1S/C12H15NO3.C2H6.CH5N/c14-9-1-2-12(16)13-8-7-10-3-5-11(15)6-4-10;2*1-2/h3-6,9,15H,1-2,7-8H2,(H,13,16);1-2H3;2H2,1H3. The van der Waals surface area contributed by atoms with E-state index in [4.69, 9.17) is 5.11 Å². The molecule has 4 N–H and O–H groups in total. The van der Waals surface area contributed by atoms with Crippen LogP contribution < -0.4 is 11.1 Å². The fourth-order valence-corrected chi connectivity index (χ4v) is 1.29. The molecule has 0 bridgehead atoms. The zero-order chi connectivity index (χ0) is 15.8. The van der Waals surface area contributed by atoms with Gasteiger partial charge < -0.3 is 21.0 Å². The minimum Gasteiger partial charge on any atom is -0.508 e. The van der Waals surface area contributed by atoms with Gasteiger partial charge in [-0.05, 0) is 31.2 Å². The predicted octanol–water partition coefficient (Wildman–Crippen LogP) is 1.63. The van der Waals surface area contributed by atoms with Gasteiger partial charge in [0.15, 0.2) is 0 Å². The maximum absolute atomic E-state index is 11.1. The number of amides is 1. The van der Waals surface area contributed by atoms with E-state index in [1.54, 1.807) is 12.1 Å². The molecule has 1 aromatic carbocycles. The number of rotatable bonds is 6. The van der Waals surface area contributed by atoms with Gasteiger partial charge in [-0.25, -0.2) is 0 Å². The van der Waals surface area contributed by atoms with Gasteiger partial charge in [0.2, 0.25) is 5.91 Å². The van der Waals surface area contributed by atoms with Crippen LogP contribution in [0.15, 0.2) is 24.3 Å². The van der Waals surface area contributed by atoms with Crippen LogP contribution >= 0.6 is 0 Å². The Morgan fingerprint density at radius 3 is 2.30 bits per heavy atom. The monoisotopic (exact) mass is 282 g/mol. The van der Waals surface area contributed by atoms with Crippen LogP contribution in [0.5, 0.6) is 5.75 Å². The zero-order valence-electron chi connectivity index (χ0n) is 12.6. The third kappa shape index (κ3) is 11.2. The van der Waals surface area contributed by atoms with Crippen molar-refractivity contribution in [1.82, 2.24) is 5.32 Å². The highest BCUT2D eigenvalue weighted by Crippen LogP contribution is 2.09. The Morgan fingerprint density at radius 2 is 1.80 bits per heavy atom. The van der Waals surface area contributed by atoms with Gasteiger partial charge in [-0.3, -0.25) is 4.79 Å². The molecule has 5 heteroatoms.